The number of fused-ring (bicyclic) bond motifs is 4. The molecule has 3 aromatic carbocycles. The van der Waals surface area contributed by atoms with Crippen molar-refractivity contribution in [3.63, 3.8) is 0 Å². The number of hydrogen-bond acceptors (Lipinski definition) is 9. The van der Waals surface area contributed by atoms with Crippen molar-refractivity contribution in [2.24, 2.45) is 0 Å². The van der Waals surface area contributed by atoms with Gasteiger partial charge in [-0.15, -0.1) is 34.0 Å². The van der Waals surface area contributed by atoms with Gasteiger partial charge in [-0.25, -0.2) is 4.79 Å². The standard InChI is InChI=1S/C63H70N2O5S3/c1-9-11-13-15-17-19-21-23-37-27-42-51-44(29-37)62(5,6)46-32-39(33-47-53(46)65(51)52-43(61(42,3)4)28-38(30-45(52)63(47,7)8)24-22-20-18-16-14-12-10-2)56-54-55(69-26-25-68-54)59(73-56)50-35-49-58(72-50)57-48(70-49)34-41(71-57)31-40(36-64)60(66)67/h27-35H,9-26H2,1-8H3,(H,66,67)/b40-31-. The van der Waals surface area contributed by atoms with Gasteiger partial charge in [-0.05, 0) is 100 Å². The van der Waals surface area contributed by atoms with Crippen LogP contribution in [0.2, 0.25) is 0 Å². The Morgan fingerprint density at radius 2 is 1.04 bits per heavy atom. The lowest BCUT2D eigenvalue weighted by Gasteiger charge is -2.55. The number of furan rings is 1. The summed E-state index contributed by atoms with van der Waals surface area (Å²) in [6.07, 6.45) is 21.8. The minimum atomic E-state index is -1.24. The number of carboxylic acids is 1. The highest BCUT2D eigenvalue weighted by Crippen LogP contribution is 2.68. The largest absolute Gasteiger partial charge is 0.485 e. The second-order valence-corrected chi connectivity index (χ2v) is 25.9. The normalized spacial score (nSPS) is 16.3. The number of anilines is 3. The first kappa shape index (κ1) is 49.9. The molecule has 0 atom stereocenters. The Hall–Kier alpha value is -5.34. The van der Waals surface area contributed by atoms with Gasteiger partial charge in [0.2, 0.25) is 0 Å². The molecule has 0 spiro atoms. The zero-order valence-electron chi connectivity index (χ0n) is 44.1. The predicted octanol–water partition coefficient (Wildman–Crippen LogP) is 18.8. The van der Waals surface area contributed by atoms with E-state index in [9.17, 15) is 15.2 Å². The van der Waals surface area contributed by atoms with Crippen molar-refractivity contribution in [1.82, 2.24) is 0 Å². The quantitative estimate of drug-likeness (QED) is 0.0461. The molecule has 7 aromatic rings. The van der Waals surface area contributed by atoms with Gasteiger partial charge in [0.15, 0.2) is 11.5 Å². The summed E-state index contributed by atoms with van der Waals surface area (Å²) < 4.78 is 21.6. The maximum absolute atomic E-state index is 11.6. The van der Waals surface area contributed by atoms with Gasteiger partial charge in [0.25, 0.3) is 0 Å². The topological polar surface area (TPSA) is 95.9 Å². The van der Waals surface area contributed by atoms with Crippen LogP contribution >= 0.6 is 34.0 Å². The Bertz CT molecular complexity index is 3270. The monoisotopic (exact) mass is 1030 g/mol. The maximum Gasteiger partial charge on any atom is 0.346 e. The van der Waals surface area contributed by atoms with Crippen LogP contribution in [0.25, 0.3) is 46.8 Å². The fraction of sp³-hybridized carbons (Fsp3) is 0.460. The van der Waals surface area contributed by atoms with Crippen molar-refractivity contribution in [2.75, 3.05) is 18.1 Å². The minimum Gasteiger partial charge on any atom is -0.485 e. The van der Waals surface area contributed by atoms with Crippen LogP contribution in [0.3, 0.4) is 0 Å². The fourth-order valence-corrected chi connectivity index (χ4v) is 16.0. The van der Waals surface area contributed by atoms with Crippen LogP contribution in [0.15, 0.2) is 58.5 Å². The van der Waals surface area contributed by atoms with Crippen molar-refractivity contribution in [2.45, 2.75) is 174 Å². The van der Waals surface area contributed by atoms with E-state index in [-0.39, 0.29) is 21.8 Å². The summed E-state index contributed by atoms with van der Waals surface area (Å²) in [4.78, 5) is 18.2. The van der Waals surface area contributed by atoms with E-state index in [1.54, 1.807) is 28.7 Å². The lowest BCUT2D eigenvalue weighted by molar-refractivity contribution is -0.132. The van der Waals surface area contributed by atoms with Crippen molar-refractivity contribution in [3.8, 4) is 37.8 Å². The first-order chi connectivity index (χ1) is 35.2. The molecular formula is C63H70N2O5S3. The highest BCUT2D eigenvalue weighted by atomic mass is 32.1. The van der Waals surface area contributed by atoms with Gasteiger partial charge in [-0.3, -0.25) is 0 Å². The van der Waals surface area contributed by atoms with E-state index in [0.717, 1.165) is 59.5 Å². The number of thiophene rings is 3. The van der Waals surface area contributed by atoms with Gasteiger partial charge in [0.05, 0.1) is 41.1 Å². The van der Waals surface area contributed by atoms with Gasteiger partial charge in [-0.2, -0.15) is 5.26 Å². The van der Waals surface area contributed by atoms with Gasteiger partial charge in [-0.1, -0.05) is 157 Å². The Kier molecular flexibility index (Phi) is 13.3. The molecule has 4 aliphatic heterocycles. The Morgan fingerprint density at radius 3 is 1.52 bits per heavy atom. The lowest BCUT2D eigenvalue weighted by atomic mass is 9.60. The van der Waals surface area contributed by atoms with Gasteiger partial charge < -0.3 is 23.9 Å². The molecule has 0 aliphatic carbocycles. The average Bonchev–Trinajstić information content (AvgIpc) is 4.14. The minimum absolute atomic E-state index is 0.180. The van der Waals surface area contributed by atoms with E-state index in [0.29, 0.717) is 23.7 Å². The number of rotatable bonds is 20. The number of ether oxygens (including phenoxy) is 2. The number of unbranched alkanes of at least 4 members (excludes halogenated alkanes) is 12. The van der Waals surface area contributed by atoms with Crippen LogP contribution in [-0.2, 0) is 33.9 Å². The fourth-order valence-electron chi connectivity index (χ4n) is 12.5. The molecule has 10 heteroatoms. The molecule has 1 N–H and O–H groups in total. The number of aliphatic carboxylic acids is 1. The molecule has 73 heavy (non-hydrogen) atoms. The third-order valence-electron chi connectivity index (χ3n) is 16.7. The summed E-state index contributed by atoms with van der Waals surface area (Å²) in [6, 6.07) is 21.1. The number of carbonyl (C=O) groups is 1. The first-order valence-electron chi connectivity index (χ1n) is 27.3. The molecule has 0 saturated heterocycles. The molecule has 8 heterocycles. The summed E-state index contributed by atoms with van der Waals surface area (Å²) in [7, 11) is 0. The Balaban J connectivity index is 1.04. The zero-order valence-corrected chi connectivity index (χ0v) is 46.6. The average molecular weight is 1030 g/mol. The number of nitriles is 1. The molecular weight excluding hydrogens is 961 g/mol. The Labute approximate surface area is 443 Å². The van der Waals surface area contributed by atoms with E-state index in [1.807, 2.05) is 6.07 Å². The highest BCUT2D eigenvalue weighted by molar-refractivity contribution is 7.31. The van der Waals surface area contributed by atoms with Crippen molar-refractivity contribution < 1.29 is 23.8 Å². The zero-order chi connectivity index (χ0) is 51.0. The first-order valence-corrected chi connectivity index (χ1v) is 29.7. The number of benzene rings is 3. The summed E-state index contributed by atoms with van der Waals surface area (Å²) >= 11 is 4.82. The summed E-state index contributed by atoms with van der Waals surface area (Å²) in [5, 5.41) is 18.9. The molecule has 0 fully saturated rings. The number of nitrogens with zero attached hydrogens (tertiary/aromatic N) is 2. The molecule has 0 amide bonds. The summed E-state index contributed by atoms with van der Waals surface area (Å²) in [5.41, 5.74) is 17.1. The van der Waals surface area contributed by atoms with Gasteiger partial charge in [0.1, 0.15) is 36.0 Å². The third kappa shape index (κ3) is 8.45. The lowest BCUT2D eigenvalue weighted by Crippen LogP contribution is -2.44. The van der Waals surface area contributed by atoms with Gasteiger partial charge in [0, 0.05) is 27.2 Å². The second kappa shape index (κ2) is 19.4. The van der Waals surface area contributed by atoms with Crippen molar-refractivity contribution in [1.29, 1.82) is 5.26 Å². The van der Waals surface area contributed by atoms with E-state index in [2.05, 4.69) is 103 Å². The van der Waals surface area contributed by atoms with Crippen LogP contribution in [0.5, 0.6) is 11.5 Å². The van der Waals surface area contributed by atoms with E-state index >= 15 is 0 Å². The van der Waals surface area contributed by atoms with E-state index < -0.39 is 5.97 Å². The van der Waals surface area contributed by atoms with Crippen LogP contribution in [-0.4, -0.2) is 24.3 Å². The van der Waals surface area contributed by atoms with E-state index in [4.69, 9.17) is 13.9 Å². The number of aryl methyl sites for hydroxylation is 2. The van der Waals surface area contributed by atoms with E-state index in [1.165, 1.54) is 169 Å². The van der Waals surface area contributed by atoms with Crippen LogP contribution < -0.4 is 14.4 Å². The molecule has 4 aromatic heterocycles. The van der Waals surface area contributed by atoms with Gasteiger partial charge >= 0.3 is 5.97 Å². The molecule has 11 rings (SSSR count). The predicted molar refractivity (Wildman–Crippen MR) is 305 cm³/mol. The summed E-state index contributed by atoms with van der Waals surface area (Å²) in [6.45, 7) is 20.4. The molecule has 4 aliphatic rings. The number of carboxylic acid groups (broad SMARTS) is 1. The van der Waals surface area contributed by atoms with Crippen LogP contribution in [0, 0.1) is 11.3 Å². The molecule has 0 radical (unpaired) electrons. The molecule has 380 valence electrons. The van der Waals surface area contributed by atoms with Crippen LogP contribution in [0.4, 0.5) is 17.1 Å². The summed E-state index contributed by atoms with van der Waals surface area (Å²) in [5.74, 6) is 0.336. The number of hydrogen-bond donors (Lipinski definition) is 1. The third-order valence-corrected chi connectivity index (χ3v) is 20.4. The smallest absolute Gasteiger partial charge is 0.346 e. The SMILES string of the molecule is CCCCCCCCCc1cc2c3c(c1)C(C)(C)c1cc(-c4sc(-c5cc6oc7cc(/C=C(/C#N)C(=O)O)sc7c6s5)c5c4OCCO5)cc4c1N3c1c(cc(CCCCCCCCC)cc1C4(C)C)C2(C)C. The molecule has 0 unspecified atom stereocenters. The van der Waals surface area contributed by atoms with Crippen LogP contribution in [0.1, 0.15) is 195 Å². The van der Waals surface area contributed by atoms with Crippen molar-refractivity contribution in [3.05, 3.63) is 103 Å². The highest BCUT2D eigenvalue weighted by Gasteiger charge is 2.52. The Morgan fingerprint density at radius 1 is 0.603 bits per heavy atom. The van der Waals surface area contributed by atoms with Crippen molar-refractivity contribution >= 4 is 83.7 Å². The molecule has 7 nitrogen and oxygen atoms in total. The maximum atomic E-state index is 11.6. The molecule has 0 saturated carbocycles. The molecule has 0 bridgehead atoms. The second-order valence-electron chi connectivity index (χ2n) is 22.8.